The maximum Gasteiger partial charge on any atom is 0.243 e. The van der Waals surface area contributed by atoms with Crippen molar-refractivity contribution in [3.8, 4) is 11.5 Å². The maximum absolute atomic E-state index is 13.4. The number of ether oxygens (including phenoxy) is 2. The molecule has 0 saturated heterocycles. The zero-order valence-electron chi connectivity index (χ0n) is 15.3. The number of hydrogen-bond acceptors (Lipinski definition) is 5. The first-order chi connectivity index (χ1) is 13.6. The molecule has 7 heteroatoms. The van der Waals surface area contributed by atoms with Gasteiger partial charge in [0.2, 0.25) is 10.0 Å². The van der Waals surface area contributed by atoms with Gasteiger partial charge < -0.3 is 9.47 Å². The van der Waals surface area contributed by atoms with Crippen LogP contribution in [0.15, 0.2) is 70.9 Å². The zero-order valence-corrected chi connectivity index (χ0v) is 16.9. The van der Waals surface area contributed by atoms with E-state index in [1.54, 1.807) is 29.5 Å². The van der Waals surface area contributed by atoms with E-state index in [0.29, 0.717) is 44.2 Å². The summed E-state index contributed by atoms with van der Waals surface area (Å²) in [4.78, 5) is 1.23. The molecule has 0 amide bonds. The van der Waals surface area contributed by atoms with Gasteiger partial charge in [-0.15, -0.1) is 11.3 Å². The fourth-order valence-electron chi connectivity index (χ4n) is 3.09. The average Bonchev–Trinajstić information content (AvgIpc) is 3.24. The third kappa shape index (κ3) is 4.22. The molecule has 0 N–H and O–H groups in total. The second-order valence-electron chi connectivity index (χ2n) is 6.46. The molecule has 0 spiro atoms. The van der Waals surface area contributed by atoms with Crippen LogP contribution in [0.4, 0.5) is 0 Å². The van der Waals surface area contributed by atoms with E-state index in [-0.39, 0.29) is 4.90 Å². The molecule has 0 saturated carbocycles. The highest BCUT2D eigenvalue weighted by Crippen LogP contribution is 2.33. The van der Waals surface area contributed by atoms with E-state index in [4.69, 9.17) is 9.47 Å². The Balaban J connectivity index is 1.61. The van der Waals surface area contributed by atoms with E-state index in [9.17, 15) is 8.42 Å². The molecule has 146 valence electrons. The highest BCUT2D eigenvalue weighted by Gasteiger charge is 2.27. The predicted molar refractivity (Wildman–Crippen MR) is 109 cm³/mol. The molecule has 2 aromatic carbocycles. The largest absolute Gasteiger partial charge is 0.486 e. The first kappa shape index (κ1) is 19.0. The Bertz CT molecular complexity index is 1020. The molecule has 1 aromatic heterocycles. The third-order valence-corrected chi connectivity index (χ3v) is 7.26. The minimum atomic E-state index is -3.68. The van der Waals surface area contributed by atoms with Crippen molar-refractivity contribution in [1.29, 1.82) is 0 Å². The van der Waals surface area contributed by atoms with Gasteiger partial charge in [0.25, 0.3) is 0 Å². The number of benzene rings is 2. The van der Waals surface area contributed by atoms with Gasteiger partial charge in [0.15, 0.2) is 11.5 Å². The van der Waals surface area contributed by atoms with Crippen LogP contribution in [0, 0.1) is 0 Å². The van der Waals surface area contributed by atoms with Crippen LogP contribution in [0.1, 0.15) is 10.4 Å². The third-order valence-electron chi connectivity index (χ3n) is 4.56. The molecule has 0 atom stereocenters. The summed E-state index contributed by atoms with van der Waals surface area (Å²) in [5.41, 5.74) is 1.11. The van der Waals surface area contributed by atoms with Crippen molar-refractivity contribution in [2.24, 2.45) is 0 Å². The number of sulfonamides is 1. The van der Waals surface area contributed by atoms with Crippen LogP contribution in [0.5, 0.6) is 11.5 Å². The van der Waals surface area contributed by atoms with Gasteiger partial charge in [-0.2, -0.15) is 4.31 Å². The molecule has 0 fully saturated rings. The van der Waals surface area contributed by atoms with E-state index in [2.05, 4.69) is 0 Å². The maximum atomic E-state index is 13.4. The SMILES string of the molecule is O=S(=O)(c1ccc2c(c1)OCCO2)N(CCc1ccccc1)Cc1cccs1. The summed E-state index contributed by atoms with van der Waals surface area (Å²) in [6, 6.07) is 18.6. The second kappa shape index (κ2) is 8.34. The minimum Gasteiger partial charge on any atom is -0.486 e. The van der Waals surface area contributed by atoms with Crippen LogP contribution in [-0.4, -0.2) is 32.5 Å². The molecule has 28 heavy (non-hydrogen) atoms. The van der Waals surface area contributed by atoms with Crippen LogP contribution in [-0.2, 0) is 23.0 Å². The lowest BCUT2D eigenvalue weighted by atomic mass is 10.1. The van der Waals surface area contributed by atoms with Gasteiger partial charge in [-0.1, -0.05) is 36.4 Å². The Morgan fingerprint density at radius 1 is 0.929 bits per heavy atom. The average molecular weight is 416 g/mol. The molecule has 4 rings (SSSR count). The quantitative estimate of drug-likeness (QED) is 0.586. The lowest BCUT2D eigenvalue weighted by Crippen LogP contribution is -2.32. The number of fused-ring (bicyclic) bond motifs is 1. The Morgan fingerprint density at radius 2 is 1.71 bits per heavy atom. The van der Waals surface area contributed by atoms with Crippen LogP contribution >= 0.6 is 11.3 Å². The van der Waals surface area contributed by atoms with Crippen molar-refractivity contribution in [3.05, 3.63) is 76.5 Å². The molecule has 1 aliphatic heterocycles. The van der Waals surface area contributed by atoms with Crippen LogP contribution in [0.2, 0.25) is 0 Å². The number of hydrogen-bond donors (Lipinski definition) is 0. The van der Waals surface area contributed by atoms with Crippen molar-refractivity contribution in [3.63, 3.8) is 0 Å². The van der Waals surface area contributed by atoms with E-state index in [1.807, 2.05) is 47.8 Å². The van der Waals surface area contributed by atoms with Gasteiger partial charge in [0.1, 0.15) is 13.2 Å². The molecule has 0 unspecified atom stereocenters. The zero-order chi connectivity index (χ0) is 19.4. The number of nitrogens with zero attached hydrogens (tertiary/aromatic N) is 1. The van der Waals surface area contributed by atoms with Gasteiger partial charge in [0.05, 0.1) is 4.90 Å². The van der Waals surface area contributed by atoms with Crippen LogP contribution in [0.25, 0.3) is 0 Å². The first-order valence-electron chi connectivity index (χ1n) is 9.09. The molecular weight excluding hydrogens is 394 g/mol. The normalized spacial score (nSPS) is 13.6. The summed E-state index contributed by atoms with van der Waals surface area (Å²) in [7, 11) is -3.68. The van der Waals surface area contributed by atoms with E-state index >= 15 is 0 Å². The smallest absolute Gasteiger partial charge is 0.243 e. The first-order valence-corrected chi connectivity index (χ1v) is 11.4. The monoisotopic (exact) mass is 415 g/mol. The van der Waals surface area contributed by atoms with Crippen LogP contribution in [0.3, 0.4) is 0 Å². The van der Waals surface area contributed by atoms with Crippen LogP contribution < -0.4 is 9.47 Å². The molecule has 0 radical (unpaired) electrons. The predicted octanol–water partition coefficient (Wildman–Crippen LogP) is 3.95. The van der Waals surface area contributed by atoms with Crippen molar-refractivity contribution in [2.75, 3.05) is 19.8 Å². The van der Waals surface area contributed by atoms with E-state index in [1.165, 1.54) is 4.31 Å². The standard InChI is InChI=1S/C21H21NO4S2/c23-28(24,19-8-9-20-21(15-19)26-13-12-25-20)22(16-18-7-4-14-27-18)11-10-17-5-2-1-3-6-17/h1-9,14-15H,10-13,16H2. The second-order valence-corrected chi connectivity index (χ2v) is 9.43. The summed E-state index contributed by atoms with van der Waals surface area (Å²) >= 11 is 1.56. The highest BCUT2D eigenvalue weighted by molar-refractivity contribution is 7.89. The van der Waals surface area contributed by atoms with Crippen molar-refractivity contribution < 1.29 is 17.9 Å². The van der Waals surface area contributed by atoms with Crippen molar-refractivity contribution in [2.45, 2.75) is 17.9 Å². The van der Waals surface area contributed by atoms with Gasteiger partial charge in [0, 0.05) is 24.0 Å². The van der Waals surface area contributed by atoms with E-state index in [0.717, 1.165) is 10.4 Å². The summed E-state index contributed by atoms with van der Waals surface area (Å²) in [5.74, 6) is 1.06. The fourth-order valence-corrected chi connectivity index (χ4v) is 5.33. The lowest BCUT2D eigenvalue weighted by Gasteiger charge is -2.23. The van der Waals surface area contributed by atoms with Gasteiger partial charge in [-0.3, -0.25) is 0 Å². The summed E-state index contributed by atoms with van der Waals surface area (Å²) in [5, 5.41) is 1.96. The molecule has 0 aliphatic carbocycles. The highest BCUT2D eigenvalue weighted by atomic mass is 32.2. The van der Waals surface area contributed by atoms with E-state index < -0.39 is 10.0 Å². The van der Waals surface area contributed by atoms with Crippen molar-refractivity contribution in [1.82, 2.24) is 4.31 Å². The Hall–Kier alpha value is -2.35. The summed E-state index contributed by atoms with van der Waals surface area (Å²) < 4.78 is 39.4. The van der Waals surface area contributed by atoms with Gasteiger partial charge in [-0.05, 0) is 35.6 Å². The molecule has 3 aromatic rings. The van der Waals surface area contributed by atoms with Gasteiger partial charge >= 0.3 is 0 Å². The Labute approximate surface area is 169 Å². The molecular formula is C21H21NO4S2. The summed E-state index contributed by atoms with van der Waals surface area (Å²) in [6.07, 6.45) is 0.649. The molecule has 1 aliphatic rings. The van der Waals surface area contributed by atoms with Gasteiger partial charge in [-0.25, -0.2) is 8.42 Å². The lowest BCUT2D eigenvalue weighted by molar-refractivity contribution is 0.171. The topological polar surface area (TPSA) is 55.8 Å². The Morgan fingerprint density at radius 3 is 2.46 bits per heavy atom. The summed E-state index contributed by atoms with van der Waals surface area (Å²) in [6.45, 7) is 1.64. The number of thiophene rings is 1. The van der Waals surface area contributed by atoms with Crippen molar-refractivity contribution >= 4 is 21.4 Å². The molecule has 2 heterocycles. The Kier molecular flexibility index (Phi) is 5.66. The fraction of sp³-hybridized carbons (Fsp3) is 0.238. The molecule has 0 bridgehead atoms. The minimum absolute atomic E-state index is 0.223. The molecule has 5 nitrogen and oxygen atoms in total. The number of rotatable bonds is 7.